The molecule has 1 fully saturated rings. The van der Waals surface area contributed by atoms with Crippen LogP contribution in [0.15, 0.2) is 54.5 Å². The van der Waals surface area contributed by atoms with Gasteiger partial charge >= 0.3 is 6.18 Å². The van der Waals surface area contributed by atoms with E-state index in [1.165, 1.54) is 24.3 Å². The van der Waals surface area contributed by atoms with Gasteiger partial charge in [-0.05, 0) is 31.9 Å². The van der Waals surface area contributed by atoms with Crippen molar-refractivity contribution in [2.45, 2.75) is 36.4 Å². The molecule has 0 saturated heterocycles. The van der Waals surface area contributed by atoms with Crippen molar-refractivity contribution in [3.8, 4) is 0 Å². The van der Waals surface area contributed by atoms with Gasteiger partial charge in [0, 0.05) is 11.8 Å². The van der Waals surface area contributed by atoms with Crippen LogP contribution in [0.2, 0.25) is 0 Å². The van der Waals surface area contributed by atoms with Gasteiger partial charge in [-0.15, -0.1) is 13.2 Å². The first kappa shape index (κ1) is 18.7. The van der Waals surface area contributed by atoms with Gasteiger partial charge in [0.25, 0.3) is 10.1 Å². The van der Waals surface area contributed by atoms with Crippen molar-refractivity contribution in [3.63, 3.8) is 0 Å². The van der Waals surface area contributed by atoms with E-state index in [0.29, 0.717) is 0 Å². The minimum Gasteiger partial charge on any atom is -0.249 e. The zero-order valence-corrected chi connectivity index (χ0v) is 14.0. The smallest absolute Gasteiger partial charge is 0.249 e. The molecule has 0 aliphatic heterocycles. The van der Waals surface area contributed by atoms with E-state index in [9.17, 15) is 21.6 Å². The molecule has 0 amide bonds. The summed E-state index contributed by atoms with van der Waals surface area (Å²) in [4.78, 5) is -0.311. The minimum absolute atomic E-state index is 0.128. The molecule has 0 bridgehead atoms. The zero-order chi connectivity index (χ0) is 18.2. The van der Waals surface area contributed by atoms with E-state index >= 15 is 0 Å². The summed E-state index contributed by atoms with van der Waals surface area (Å²) in [7, 11) is -4.60. The van der Waals surface area contributed by atoms with Crippen LogP contribution in [0, 0.1) is 18.8 Å². The molecule has 1 aromatic carbocycles. The monoisotopic (exact) mass is 360 g/mol. The number of alkyl halides is 3. The number of rotatable bonds is 5. The molecule has 0 unspecified atom stereocenters. The van der Waals surface area contributed by atoms with Crippen molar-refractivity contribution in [3.05, 3.63) is 55.1 Å². The van der Waals surface area contributed by atoms with Crippen LogP contribution in [0.25, 0.3) is 0 Å². The van der Waals surface area contributed by atoms with Crippen LogP contribution in [-0.2, 0) is 14.3 Å². The summed E-state index contributed by atoms with van der Waals surface area (Å²) in [6.07, 6.45) is -2.41. The number of halogens is 3. The Labute approximate surface area is 140 Å². The Morgan fingerprint density at radius 1 is 1.12 bits per heavy atom. The lowest BCUT2D eigenvalue weighted by molar-refractivity contribution is -0.264. The summed E-state index contributed by atoms with van der Waals surface area (Å²) >= 11 is 0. The topological polar surface area (TPSA) is 43.4 Å². The third kappa shape index (κ3) is 3.02. The highest BCUT2D eigenvalue weighted by molar-refractivity contribution is 7.86. The Morgan fingerprint density at radius 2 is 1.58 bits per heavy atom. The second-order valence-corrected chi connectivity index (χ2v) is 7.45. The molecule has 1 saturated carbocycles. The SMILES string of the molecule is C=C[C@H]1CC[C@H](C=C)C1(OS(=O)(=O)c1ccc(C)cc1)C(F)(F)F. The summed E-state index contributed by atoms with van der Waals surface area (Å²) in [5.74, 6) is -2.33. The molecule has 0 aromatic heterocycles. The van der Waals surface area contributed by atoms with Gasteiger partial charge in [-0.1, -0.05) is 29.8 Å². The second-order valence-electron chi connectivity index (χ2n) is 5.90. The molecule has 132 valence electrons. The Balaban J connectivity index is 2.55. The van der Waals surface area contributed by atoms with E-state index in [-0.39, 0.29) is 17.7 Å². The third-order valence-corrected chi connectivity index (χ3v) is 5.80. The summed E-state index contributed by atoms with van der Waals surface area (Å²) in [5.41, 5.74) is -2.09. The quantitative estimate of drug-likeness (QED) is 0.577. The molecule has 0 radical (unpaired) electrons. The molecule has 1 aromatic rings. The fourth-order valence-electron chi connectivity index (χ4n) is 3.17. The normalized spacial score (nSPS) is 23.8. The lowest BCUT2D eigenvalue weighted by atomic mass is 9.83. The Bertz CT molecular complexity index is 704. The zero-order valence-electron chi connectivity index (χ0n) is 13.2. The highest BCUT2D eigenvalue weighted by Crippen LogP contribution is 2.55. The maximum Gasteiger partial charge on any atom is 0.420 e. The molecule has 24 heavy (non-hydrogen) atoms. The fourth-order valence-corrected chi connectivity index (χ4v) is 4.45. The molecule has 7 heteroatoms. The highest BCUT2D eigenvalue weighted by atomic mass is 32.2. The van der Waals surface area contributed by atoms with Gasteiger partial charge in [0.05, 0.1) is 4.90 Å². The average Bonchev–Trinajstić information content (AvgIpc) is 2.85. The maximum atomic E-state index is 13.9. The molecule has 1 aliphatic rings. The second kappa shape index (κ2) is 6.37. The minimum atomic E-state index is -4.89. The third-order valence-electron chi connectivity index (χ3n) is 4.46. The molecular formula is C17H19F3O3S. The van der Waals surface area contributed by atoms with Crippen LogP contribution in [0.1, 0.15) is 18.4 Å². The highest BCUT2D eigenvalue weighted by Gasteiger charge is 2.68. The van der Waals surface area contributed by atoms with Gasteiger partial charge < -0.3 is 0 Å². The lowest BCUT2D eigenvalue weighted by Gasteiger charge is -2.38. The van der Waals surface area contributed by atoms with E-state index in [0.717, 1.165) is 17.7 Å². The Kier molecular flexibility index (Phi) is 4.97. The first-order chi connectivity index (χ1) is 11.1. The molecule has 0 N–H and O–H groups in total. The van der Waals surface area contributed by atoms with Crippen molar-refractivity contribution in [2.75, 3.05) is 0 Å². The largest absolute Gasteiger partial charge is 0.420 e. The first-order valence-corrected chi connectivity index (χ1v) is 8.83. The predicted octanol–water partition coefficient (Wildman–Crippen LogP) is 4.40. The van der Waals surface area contributed by atoms with Gasteiger partial charge in [0.2, 0.25) is 0 Å². The van der Waals surface area contributed by atoms with Crippen LogP contribution < -0.4 is 0 Å². The van der Waals surface area contributed by atoms with E-state index in [2.05, 4.69) is 13.2 Å². The lowest BCUT2D eigenvalue weighted by Crippen LogP contribution is -2.55. The average molecular weight is 360 g/mol. The van der Waals surface area contributed by atoms with Gasteiger partial charge in [-0.3, -0.25) is 0 Å². The molecule has 2 rings (SSSR count). The van der Waals surface area contributed by atoms with Crippen LogP contribution in [0.5, 0.6) is 0 Å². The molecule has 0 heterocycles. The summed E-state index contributed by atoms with van der Waals surface area (Å²) in [6, 6.07) is 5.47. The number of hydrogen-bond donors (Lipinski definition) is 0. The van der Waals surface area contributed by atoms with Gasteiger partial charge in [-0.2, -0.15) is 21.6 Å². The summed E-state index contributed by atoms with van der Waals surface area (Å²) in [5, 5.41) is 0. The van der Waals surface area contributed by atoms with Crippen molar-refractivity contribution in [1.29, 1.82) is 0 Å². The predicted molar refractivity (Wildman–Crippen MR) is 84.8 cm³/mol. The standard InChI is InChI=1S/C17H19F3O3S/c1-4-13-8-9-14(5-2)16(13,17(18,19)20)23-24(21,22)15-10-6-12(3)7-11-15/h4-7,10-11,13-14H,1-2,8-9H2,3H3/t13-,14-/m0/s1. The number of aryl methyl sites for hydroxylation is 1. The van der Waals surface area contributed by atoms with Crippen molar-refractivity contribution < 1.29 is 25.8 Å². The van der Waals surface area contributed by atoms with Crippen LogP contribution in [0.3, 0.4) is 0 Å². The Hall–Kier alpha value is -1.60. The molecular weight excluding hydrogens is 341 g/mol. The Morgan fingerprint density at radius 3 is 1.96 bits per heavy atom. The van der Waals surface area contributed by atoms with E-state index in [1.807, 2.05) is 0 Å². The van der Waals surface area contributed by atoms with E-state index < -0.39 is 33.7 Å². The summed E-state index contributed by atoms with van der Waals surface area (Å²) < 4.78 is 71.6. The molecule has 0 spiro atoms. The van der Waals surface area contributed by atoms with Crippen LogP contribution >= 0.6 is 0 Å². The van der Waals surface area contributed by atoms with Crippen LogP contribution in [0.4, 0.5) is 13.2 Å². The van der Waals surface area contributed by atoms with Crippen molar-refractivity contribution >= 4 is 10.1 Å². The summed E-state index contributed by atoms with van der Waals surface area (Å²) in [6.45, 7) is 8.59. The molecule has 2 atom stereocenters. The first-order valence-electron chi connectivity index (χ1n) is 7.42. The number of hydrogen-bond acceptors (Lipinski definition) is 3. The van der Waals surface area contributed by atoms with Crippen LogP contribution in [-0.4, -0.2) is 20.2 Å². The van der Waals surface area contributed by atoms with Gasteiger partial charge in [-0.25, -0.2) is 4.18 Å². The molecule has 1 aliphatic carbocycles. The fraction of sp³-hybridized carbons (Fsp3) is 0.412. The maximum absolute atomic E-state index is 13.9. The van der Waals surface area contributed by atoms with Gasteiger partial charge in [0.15, 0.2) is 5.60 Å². The van der Waals surface area contributed by atoms with Crippen molar-refractivity contribution in [2.24, 2.45) is 11.8 Å². The van der Waals surface area contributed by atoms with Crippen molar-refractivity contribution in [1.82, 2.24) is 0 Å². The number of benzene rings is 1. The van der Waals surface area contributed by atoms with Gasteiger partial charge in [0.1, 0.15) is 0 Å². The van der Waals surface area contributed by atoms with E-state index in [4.69, 9.17) is 4.18 Å². The van der Waals surface area contributed by atoms with E-state index in [1.54, 1.807) is 6.92 Å². The molecule has 3 nitrogen and oxygen atoms in total.